The average Bonchev–Trinajstić information content (AvgIpc) is 3.36. The first-order valence-electron chi connectivity index (χ1n) is 8.23. The van der Waals surface area contributed by atoms with Crippen molar-refractivity contribution in [3.63, 3.8) is 0 Å². The van der Waals surface area contributed by atoms with E-state index in [-0.39, 0.29) is 0 Å². The van der Waals surface area contributed by atoms with Crippen LogP contribution >= 0.6 is 22.7 Å². The maximum atomic E-state index is 4.04. The molecule has 0 N–H and O–H groups in total. The molecule has 0 aromatic carbocycles. The van der Waals surface area contributed by atoms with Crippen molar-refractivity contribution in [2.75, 3.05) is 0 Å². The zero-order chi connectivity index (χ0) is 17.6. The van der Waals surface area contributed by atoms with Gasteiger partial charge in [0.1, 0.15) is 0 Å². The van der Waals surface area contributed by atoms with E-state index in [9.17, 15) is 0 Å². The van der Waals surface area contributed by atoms with Gasteiger partial charge in [-0.2, -0.15) is 0 Å². The second kappa shape index (κ2) is 8.04. The maximum Gasteiger partial charge on any atom is 0.0449 e. The summed E-state index contributed by atoms with van der Waals surface area (Å²) in [6.07, 6.45) is 15.8. The molecule has 0 fully saturated rings. The highest BCUT2D eigenvalue weighted by Crippen LogP contribution is 2.34. The second-order valence-electron chi connectivity index (χ2n) is 5.63. The second-order valence-corrected chi connectivity index (χ2v) is 7.86. The summed E-state index contributed by atoms with van der Waals surface area (Å²) in [6.45, 7) is 0. The van der Waals surface area contributed by atoms with E-state index < -0.39 is 0 Å². The van der Waals surface area contributed by atoms with E-state index in [1.807, 2.05) is 71.7 Å². The van der Waals surface area contributed by atoms with Crippen LogP contribution in [0.5, 0.6) is 0 Å². The summed E-state index contributed by atoms with van der Waals surface area (Å²) in [5, 5.41) is 0. The molecule has 0 aliphatic rings. The van der Waals surface area contributed by atoms with E-state index in [2.05, 4.69) is 58.5 Å². The van der Waals surface area contributed by atoms with Crippen LogP contribution in [-0.2, 0) is 0 Å². The Labute approximate surface area is 160 Å². The molecular formula is C22H16N2S2. The van der Waals surface area contributed by atoms with E-state index in [4.69, 9.17) is 0 Å². The molecule has 0 radical (unpaired) electrons. The van der Waals surface area contributed by atoms with Gasteiger partial charge in [0.25, 0.3) is 0 Å². The molecule has 2 nitrogen and oxygen atoms in total. The molecular weight excluding hydrogens is 356 g/mol. The lowest BCUT2D eigenvalue weighted by Crippen LogP contribution is -1.71. The lowest BCUT2D eigenvalue weighted by molar-refractivity contribution is 1.32. The number of pyridine rings is 2. The highest BCUT2D eigenvalue weighted by molar-refractivity contribution is 7.23. The van der Waals surface area contributed by atoms with Gasteiger partial charge in [0, 0.05) is 44.3 Å². The summed E-state index contributed by atoms with van der Waals surface area (Å²) in [7, 11) is 0. The van der Waals surface area contributed by atoms with Crippen molar-refractivity contribution >= 4 is 47.0 Å². The van der Waals surface area contributed by atoms with Crippen LogP contribution in [0.3, 0.4) is 0 Å². The number of thiophene rings is 2. The van der Waals surface area contributed by atoms with Crippen LogP contribution in [0.1, 0.15) is 20.9 Å². The molecule has 0 aliphatic heterocycles. The smallest absolute Gasteiger partial charge is 0.0449 e. The van der Waals surface area contributed by atoms with E-state index in [1.165, 1.54) is 19.5 Å². The minimum atomic E-state index is 1.16. The van der Waals surface area contributed by atoms with E-state index in [0.717, 1.165) is 11.1 Å². The van der Waals surface area contributed by atoms with Crippen molar-refractivity contribution in [2.24, 2.45) is 0 Å². The first kappa shape index (κ1) is 16.6. The van der Waals surface area contributed by atoms with Gasteiger partial charge >= 0.3 is 0 Å². The molecule has 0 atom stereocenters. The number of rotatable bonds is 5. The lowest BCUT2D eigenvalue weighted by atomic mass is 10.2. The number of hydrogen-bond donors (Lipinski definition) is 0. The van der Waals surface area contributed by atoms with Gasteiger partial charge in [-0.15, -0.1) is 22.7 Å². The summed E-state index contributed by atoms with van der Waals surface area (Å²) in [4.78, 5) is 13.2. The molecule has 0 unspecified atom stereocenters. The van der Waals surface area contributed by atoms with Crippen LogP contribution in [0.4, 0.5) is 0 Å². The monoisotopic (exact) mass is 372 g/mol. The van der Waals surface area contributed by atoms with Gasteiger partial charge in [-0.25, -0.2) is 0 Å². The van der Waals surface area contributed by atoms with Gasteiger partial charge in [-0.3, -0.25) is 9.97 Å². The van der Waals surface area contributed by atoms with Crippen molar-refractivity contribution in [2.45, 2.75) is 0 Å². The summed E-state index contributed by atoms with van der Waals surface area (Å²) in [5.74, 6) is 0. The fraction of sp³-hybridized carbons (Fsp3) is 0. The largest absolute Gasteiger partial charge is 0.265 e. The zero-order valence-electron chi connectivity index (χ0n) is 13.9. The molecule has 0 saturated carbocycles. The van der Waals surface area contributed by atoms with Gasteiger partial charge in [0.05, 0.1) is 0 Å². The Hall–Kier alpha value is -2.82. The lowest BCUT2D eigenvalue weighted by Gasteiger charge is -1.91. The predicted molar refractivity (Wildman–Crippen MR) is 114 cm³/mol. The zero-order valence-corrected chi connectivity index (χ0v) is 15.6. The van der Waals surface area contributed by atoms with Crippen LogP contribution in [0, 0.1) is 0 Å². The van der Waals surface area contributed by atoms with Crippen molar-refractivity contribution in [1.29, 1.82) is 0 Å². The van der Waals surface area contributed by atoms with Crippen LogP contribution in [0.25, 0.3) is 34.1 Å². The van der Waals surface area contributed by atoms with Gasteiger partial charge in [0.15, 0.2) is 0 Å². The summed E-state index contributed by atoms with van der Waals surface area (Å²) >= 11 is 3.62. The van der Waals surface area contributed by atoms with Gasteiger partial charge in [-0.1, -0.05) is 12.2 Å². The summed E-state index contributed by atoms with van der Waals surface area (Å²) in [5.41, 5.74) is 2.32. The standard InChI is InChI=1S/C22H16N2S2/c1(17-9-13-23-14-10-17)3-19-5-7-21(25-19)22-8-6-20(26-22)4-2-18-11-15-24-16-12-18/h1-16H. The Morgan fingerprint density at radius 3 is 1.35 bits per heavy atom. The molecule has 4 heteroatoms. The quantitative estimate of drug-likeness (QED) is 0.394. The third kappa shape index (κ3) is 4.23. The number of aromatic nitrogens is 2. The average molecular weight is 373 g/mol. The Kier molecular flexibility index (Phi) is 5.14. The minimum absolute atomic E-state index is 1.16. The Bertz CT molecular complexity index is 942. The van der Waals surface area contributed by atoms with Gasteiger partial charge < -0.3 is 0 Å². The van der Waals surface area contributed by atoms with E-state index in [1.54, 1.807) is 0 Å². The third-order valence-electron chi connectivity index (χ3n) is 3.79. The molecule has 4 rings (SSSR count). The highest BCUT2D eigenvalue weighted by atomic mass is 32.1. The van der Waals surface area contributed by atoms with Crippen LogP contribution in [0.2, 0.25) is 0 Å². The molecule has 0 aliphatic carbocycles. The molecule has 0 spiro atoms. The molecule has 4 heterocycles. The van der Waals surface area contributed by atoms with Crippen LogP contribution < -0.4 is 0 Å². The Morgan fingerprint density at radius 1 is 0.500 bits per heavy atom. The normalized spacial score (nSPS) is 11.5. The van der Waals surface area contributed by atoms with E-state index in [0.29, 0.717) is 0 Å². The fourth-order valence-electron chi connectivity index (χ4n) is 2.46. The molecule has 26 heavy (non-hydrogen) atoms. The summed E-state index contributed by atoms with van der Waals surface area (Å²) < 4.78 is 0. The van der Waals surface area contributed by atoms with Crippen molar-refractivity contribution in [3.05, 3.63) is 94.2 Å². The van der Waals surface area contributed by atoms with Crippen molar-refractivity contribution in [1.82, 2.24) is 9.97 Å². The fourth-order valence-corrected chi connectivity index (χ4v) is 4.37. The van der Waals surface area contributed by atoms with Gasteiger partial charge in [0.2, 0.25) is 0 Å². The summed E-state index contributed by atoms with van der Waals surface area (Å²) in [6, 6.07) is 16.8. The topological polar surface area (TPSA) is 25.8 Å². The van der Waals surface area contributed by atoms with Crippen LogP contribution in [-0.4, -0.2) is 9.97 Å². The molecule has 4 aromatic heterocycles. The highest BCUT2D eigenvalue weighted by Gasteiger charge is 2.04. The van der Waals surface area contributed by atoms with Gasteiger partial charge in [-0.05, 0) is 71.8 Å². The SMILES string of the molecule is C(=Cc1ccc(-c2ccc(C=Cc3ccncc3)s2)s1)c1ccncc1. The number of hydrogen-bond acceptors (Lipinski definition) is 4. The maximum absolute atomic E-state index is 4.04. The Balaban J connectivity index is 1.47. The van der Waals surface area contributed by atoms with E-state index >= 15 is 0 Å². The molecule has 0 saturated heterocycles. The first-order valence-corrected chi connectivity index (χ1v) is 9.86. The molecule has 0 amide bonds. The number of nitrogens with zero attached hydrogens (tertiary/aromatic N) is 2. The molecule has 0 bridgehead atoms. The molecule has 126 valence electrons. The minimum Gasteiger partial charge on any atom is -0.265 e. The van der Waals surface area contributed by atoms with Crippen molar-refractivity contribution < 1.29 is 0 Å². The Morgan fingerprint density at radius 2 is 0.923 bits per heavy atom. The predicted octanol–water partition coefficient (Wildman–Crippen LogP) is 6.61. The van der Waals surface area contributed by atoms with Crippen molar-refractivity contribution in [3.8, 4) is 9.75 Å². The molecule has 4 aromatic rings. The first-order chi connectivity index (χ1) is 12.9. The van der Waals surface area contributed by atoms with Crippen LogP contribution in [0.15, 0.2) is 73.3 Å². The third-order valence-corrected chi connectivity index (χ3v) is 6.09.